The Morgan fingerprint density at radius 3 is 2.55 bits per heavy atom. The summed E-state index contributed by atoms with van der Waals surface area (Å²) >= 11 is 0. The lowest BCUT2D eigenvalue weighted by molar-refractivity contribution is -0.137. The fourth-order valence-electron chi connectivity index (χ4n) is 3.51. The molecule has 1 aliphatic heterocycles. The van der Waals surface area contributed by atoms with Gasteiger partial charge >= 0.3 is 12.1 Å². The largest absolute Gasteiger partial charge is 0.478 e. The molecular formula is C21H18F3N3O2. The molecule has 0 saturated carbocycles. The number of hydrogen-bond donors (Lipinski definition) is 2. The van der Waals surface area contributed by atoms with Crippen LogP contribution < -0.4 is 5.32 Å². The van der Waals surface area contributed by atoms with E-state index in [1.165, 1.54) is 18.2 Å². The van der Waals surface area contributed by atoms with E-state index in [0.717, 1.165) is 42.9 Å². The number of rotatable bonds is 3. The first-order valence-corrected chi connectivity index (χ1v) is 9.22. The van der Waals surface area contributed by atoms with Gasteiger partial charge in [0, 0.05) is 17.7 Å². The van der Waals surface area contributed by atoms with E-state index >= 15 is 0 Å². The Kier molecular flexibility index (Phi) is 4.77. The third-order valence-corrected chi connectivity index (χ3v) is 4.95. The highest BCUT2D eigenvalue weighted by Crippen LogP contribution is 2.37. The third-order valence-electron chi connectivity index (χ3n) is 4.95. The maximum atomic E-state index is 13.2. The molecule has 0 amide bonds. The number of fused-ring (bicyclic) bond motifs is 1. The summed E-state index contributed by atoms with van der Waals surface area (Å²) in [6.07, 6.45) is -1.90. The van der Waals surface area contributed by atoms with E-state index in [0.29, 0.717) is 23.4 Å². The van der Waals surface area contributed by atoms with Crippen molar-refractivity contribution in [2.45, 2.75) is 25.4 Å². The van der Waals surface area contributed by atoms with E-state index in [4.69, 9.17) is 5.11 Å². The van der Waals surface area contributed by atoms with E-state index in [-0.39, 0.29) is 5.56 Å². The standard InChI is InChI=1S/C21H18F3N3O2/c22-21(23,24)15-5-3-4-14(12-15)18-17-6-1-2-11-25-19(17)27(26-18)16-9-7-13(8-10-16)20(28)29/h3-5,7-10,12,25H,1-2,6,11H2,(H,28,29). The predicted molar refractivity (Wildman–Crippen MR) is 102 cm³/mol. The van der Waals surface area contributed by atoms with Crippen LogP contribution in [0.4, 0.5) is 19.0 Å². The molecule has 0 aliphatic carbocycles. The van der Waals surface area contributed by atoms with Crippen LogP contribution in [-0.4, -0.2) is 27.4 Å². The first-order valence-electron chi connectivity index (χ1n) is 9.22. The second-order valence-electron chi connectivity index (χ2n) is 6.90. The maximum absolute atomic E-state index is 13.2. The molecule has 2 N–H and O–H groups in total. The van der Waals surface area contributed by atoms with Crippen molar-refractivity contribution in [1.29, 1.82) is 0 Å². The molecule has 29 heavy (non-hydrogen) atoms. The molecule has 0 saturated heterocycles. The van der Waals surface area contributed by atoms with E-state index in [1.807, 2.05) is 0 Å². The van der Waals surface area contributed by atoms with Crippen molar-refractivity contribution in [2.24, 2.45) is 0 Å². The van der Waals surface area contributed by atoms with Crippen LogP contribution in [0, 0.1) is 0 Å². The first kappa shape index (κ1) is 19.0. The number of carboxylic acid groups (broad SMARTS) is 1. The van der Waals surface area contributed by atoms with Crippen molar-refractivity contribution in [2.75, 3.05) is 11.9 Å². The SMILES string of the molecule is O=C(O)c1ccc(-n2nc(-c3cccc(C(F)(F)F)c3)c3c2NCCCC3)cc1. The summed E-state index contributed by atoms with van der Waals surface area (Å²) < 4.78 is 41.2. The smallest absolute Gasteiger partial charge is 0.416 e. The lowest BCUT2D eigenvalue weighted by Crippen LogP contribution is -2.07. The lowest BCUT2D eigenvalue weighted by Gasteiger charge is -2.09. The molecular weight excluding hydrogens is 383 g/mol. The Bertz CT molecular complexity index is 1060. The van der Waals surface area contributed by atoms with Crippen molar-refractivity contribution < 1.29 is 23.1 Å². The zero-order valence-corrected chi connectivity index (χ0v) is 15.3. The fourth-order valence-corrected chi connectivity index (χ4v) is 3.51. The van der Waals surface area contributed by atoms with Crippen molar-refractivity contribution in [3.8, 4) is 16.9 Å². The van der Waals surface area contributed by atoms with E-state index < -0.39 is 17.7 Å². The van der Waals surface area contributed by atoms with Gasteiger partial charge in [0.25, 0.3) is 0 Å². The van der Waals surface area contributed by atoms with Gasteiger partial charge in [-0.1, -0.05) is 12.1 Å². The van der Waals surface area contributed by atoms with Crippen molar-refractivity contribution in [1.82, 2.24) is 9.78 Å². The Hall–Kier alpha value is -3.29. The summed E-state index contributed by atoms with van der Waals surface area (Å²) in [6.45, 7) is 0.730. The van der Waals surface area contributed by atoms with E-state index in [1.54, 1.807) is 22.9 Å². The quantitative estimate of drug-likeness (QED) is 0.648. The van der Waals surface area contributed by atoms with E-state index in [9.17, 15) is 18.0 Å². The van der Waals surface area contributed by atoms with Gasteiger partial charge in [-0.2, -0.15) is 18.3 Å². The average Bonchev–Trinajstić information content (AvgIpc) is 2.88. The molecule has 0 spiro atoms. The number of nitrogens with one attached hydrogen (secondary N) is 1. The highest BCUT2D eigenvalue weighted by molar-refractivity contribution is 5.87. The Labute approximate surface area is 164 Å². The Morgan fingerprint density at radius 2 is 1.86 bits per heavy atom. The Balaban J connectivity index is 1.85. The average molecular weight is 401 g/mol. The highest BCUT2D eigenvalue weighted by Gasteiger charge is 2.31. The van der Waals surface area contributed by atoms with Gasteiger partial charge in [-0.25, -0.2) is 9.48 Å². The maximum Gasteiger partial charge on any atom is 0.416 e. The molecule has 0 unspecified atom stereocenters. The van der Waals surface area contributed by atoms with Gasteiger partial charge < -0.3 is 10.4 Å². The molecule has 0 fully saturated rings. The van der Waals surface area contributed by atoms with E-state index in [2.05, 4.69) is 10.4 Å². The minimum atomic E-state index is -4.43. The molecule has 8 heteroatoms. The molecule has 1 aliphatic rings. The van der Waals surface area contributed by atoms with Gasteiger partial charge in [0.15, 0.2) is 0 Å². The van der Waals surface area contributed by atoms with Crippen LogP contribution in [0.2, 0.25) is 0 Å². The van der Waals surface area contributed by atoms with Crippen LogP contribution in [0.5, 0.6) is 0 Å². The van der Waals surface area contributed by atoms with Gasteiger partial charge in [0.1, 0.15) is 5.82 Å². The molecule has 0 atom stereocenters. The van der Waals surface area contributed by atoms with Gasteiger partial charge in [-0.15, -0.1) is 0 Å². The molecule has 150 valence electrons. The number of hydrogen-bond acceptors (Lipinski definition) is 3. The van der Waals surface area contributed by atoms with Gasteiger partial charge in [-0.05, 0) is 55.7 Å². The number of anilines is 1. The highest BCUT2D eigenvalue weighted by atomic mass is 19.4. The summed E-state index contributed by atoms with van der Waals surface area (Å²) in [7, 11) is 0. The molecule has 3 aromatic rings. The molecule has 0 bridgehead atoms. The number of alkyl halides is 3. The van der Waals surface area contributed by atoms with Crippen LogP contribution in [0.1, 0.15) is 34.3 Å². The number of benzene rings is 2. The molecule has 1 aromatic heterocycles. The minimum Gasteiger partial charge on any atom is -0.478 e. The third kappa shape index (κ3) is 3.70. The minimum absolute atomic E-state index is 0.151. The van der Waals surface area contributed by atoms with Crippen LogP contribution in [0.15, 0.2) is 48.5 Å². The van der Waals surface area contributed by atoms with Crippen molar-refractivity contribution in [3.05, 3.63) is 65.2 Å². The number of aromatic carboxylic acids is 1. The first-order chi connectivity index (χ1) is 13.8. The number of carbonyl (C=O) groups is 1. The number of aromatic nitrogens is 2. The molecule has 5 nitrogen and oxygen atoms in total. The predicted octanol–water partition coefficient (Wildman–Crippen LogP) is 5.00. The van der Waals surface area contributed by atoms with Crippen molar-refractivity contribution in [3.63, 3.8) is 0 Å². The lowest BCUT2D eigenvalue weighted by atomic mass is 10.0. The number of carboxylic acids is 1. The second kappa shape index (κ2) is 7.27. The summed E-state index contributed by atoms with van der Waals surface area (Å²) in [5, 5.41) is 17.0. The fraction of sp³-hybridized carbons (Fsp3) is 0.238. The summed E-state index contributed by atoms with van der Waals surface area (Å²) in [5.74, 6) is -0.295. The zero-order valence-electron chi connectivity index (χ0n) is 15.3. The van der Waals surface area contributed by atoms with Crippen LogP contribution in [0.3, 0.4) is 0 Å². The van der Waals surface area contributed by atoms with Gasteiger partial charge in [0.2, 0.25) is 0 Å². The molecule has 2 heterocycles. The number of halogens is 3. The zero-order chi connectivity index (χ0) is 20.6. The normalized spacial score (nSPS) is 14.0. The summed E-state index contributed by atoms with van der Waals surface area (Å²) in [5.41, 5.74) is 1.84. The monoisotopic (exact) mass is 401 g/mol. The molecule has 2 aromatic carbocycles. The topological polar surface area (TPSA) is 67.1 Å². The number of nitrogens with zero attached hydrogens (tertiary/aromatic N) is 2. The Morgan fingerprint density at radius 1 is 1.10 bits per heavy atom. The van der Waals surface area contributed by atoms with Gasteiger partial charge in [-0.3, -0.25) is 0 Å². The van der Waals surface area contributed by atoms with Crippen LogP contribution in [0.25, 0.3) is 16.9 Å². The van der Waals surface area contributed by atoms with Gasteiger partial charge in [0.05, 0.1) is 22.5 Å². The second-order valence-corrected chi connectivity index (χ2v) is 6.90. The molecule has 4 rings (SSSR count). The van der Waals surface area contributed by atoms with Crippen molar-refractivity contribution >= 4 is 11.8 Å². The van der Waals surface area contributed by atoms with Crippen LogP contribution >= 0.6 is 0 Å². The molecule has 0 radical (unpaired) electrons. The summed E-state index contributed by atoms with van der Waals surface area (Å²) in [4.78, 5) is 11.1. The van der Waals surface area contributed by atoms with Crippen LogP contribution in [-0.2, 0) is 12.6 Å². The summed E-state index contributed by atoms with van der Waals surface area (Å²) in [6, 6.07) is 11.4.